The van der Waals surface area contributed by atoms with Gasteiger partial charge in [0.25, 0.3) is 0 Å². The van der Waals surface area contributed by atoms with Crippen molar-refractivity contribution in [2.45, 2.75) is 32.7 Å². The van der Waals surface area contributed by atoms with Gasteiger partial charge in [0.15, 0.2) is 0 Å². The molecule has 0 aromatic carbocycles. The van der Waals surface area contributed by atoms with Crippen LogP contribution in [0.25, 0.3) is 0 Å². The smallest absolute Gasteiger partial charge is 0.0897 e. The Bertz CT molecular complexity index is 324. The SMILES string of the molecule is Cc1nc(CCN2CCCNC(C)C2)cs1. The van der Waals surface area contributed by atoms with Crippen molar-refractivity contribution in [3.05, 3.63) is 16.1 Å². The van der Waals surface area contributed by atoms with Crippen LogP contribution in [-0.2, 0) is 6.42 Å². The number of hydrogen-bond acceptors (Lipinski definition) is 4. The Labute approximate surface area is 102 Å². The molecule has 90 valence electrons. The van der Waals surface area contributed by atoms with E-state index in [9.17, 15) is 0 Å². The Morgan fingerprint density at radius 2 is 2.50 bits per heavy atom. The molecule has 0 bridgehead atoms. The van der Waals surface area contributed by atoms with Gasteiger partial charge in [-0.2, -0.15) is 0 Å². The lowest BCUT2D eigenvalue weighted by Crippen LogP contribution is -2.36. The average molecular weight is 239 g/mol. The van der Waals surface area contributed by atoms with Crippen LogP contribution >= 0.6 is 11.3 Å². The molecule has 0 amide bonds. The minimum atomic E-state index is 0.625. The summed E-state index contributed by atoms with van der Waals surface area (Å²) in [4.78, 5) is 7.07. The molecule has 0 aliphatic carbocycles. The van der Waals surface area contributed by atoms with Crippen molar-refractivity contribution in [2.75, 3.05) is 26.2 Å². The normalized spacial score (nSPS) is 23.2. The molecule has 1 saturated heterocycles. The number of nitrogens with zero attached hydrogens (tertiary/aromatic N) is 2. The van der Waals surface area contributed by atoms with Crippen LogP contribution in [-0.4, -0.2) is 42.1 Å². The molecular formula is C12H21N3S. The first-order chi connectivity index (χ1) is 7.74. The van der Waals surface area contributed by atoms with E-state index >= 15 is 0 Å². The molecule has 1 aromatic heterocycles. The molecule has 1 aliphatic rings. The summed E-state index contributed by atoms with van der Waals surface area (Å²) >= 11 is 1.75. The molecule has 16 heavy (non-hydrogen) atoms. The number of aryl methyl sites for hydroxylation is 1. The Kier molecular flexibility index (Phi) is 4.32. The van der Waals surface area contributed by atoms with Crippen LogP contribution in [0.5, 0.6) is 0 Å². The van der Waals surface area contributed by atoms with Gasteiger partial charge in [-0.3, -0.25) is 0 Å². The first-order valence-electron chi connectivity index (χ1n) is 6.11. The average Bonchev–Trinajstić information content (AvgIpc) is 2.55. The summed E-state index contributed by atoms with van der Waals surface area (Å²) in [6.07, 6.45) is 2.36. The van der Waals surface area contributed by atoms with Gasteiger partial charge in [-0.15, -0.1) is 11.3 Å². The van der Waals surface area contributed by atoms with Crippen LogP contribution in [0.3, 0.4) is 0 Å². The highest BCUT2D eigenvalue weighted by Crippen LogP contribution is 2.09. The Hall–Kier alpha value is -0.450. The fourth-order valence-electron chi connectivity index (χ4n) is 2.19. The first-order valence-corrected chi connectivity index (χ1v) is 6.99. The van der Waals surface area contributed by atoms with E-state index in [2.05, 4.69) is 34.4 Å². The second-order valence-corrected chi connectivity index (χ2v) is 5.68. The highest BCUT2D eigenvalue weighted by molar-refractivity contribution is 7.09. The van der Waals surface area contributed by atoms with Gasteiger partial charge >= 0.3 is 0 Å². The standard InChI is InChI=1S/C12H21N3S/c1-10-8-15(6-3-5-13-10)7-4-12-9-16-11(2)14-12/h9-10,13H,3-8H2,1-2H3. The van der Waals surface area contributed by atoms with Gasteiger partial charge in [-0.25, -0.2) is 4.98 Å². The fourth-order valence-corrected chi connectivity index (χ4v) is 2.84. The predicted molar refractivity (Wildman–Crippen MR) is 69.1 cm³/mol. The zero-order valence-corrected chi connectivity index (χ0v) is 11.0. The molecule has 2 heterocycles. The van der Waals surface area contributed by atoms with Crippen molar-refractivity contribution >= 4 is 11.3 Å². The monoisotopic (exact) mass is 239 g/mol. The summed E-state index contributed by atoms with van der Waals surface area (Å²) < 4.78 is 0. The van der Waals surface area contributed by atoms with E-state index < -0.39 is 0 Å². The number of rotatable bonds is 3. The third-order valence-corrected chi connectivity index (χ3v) is 3.85. The lowest BCUT2D eigenvalue weighted by Gasteiger charge is -2.21. The molecular weight excluding hydrogens is 218 g/mol. The molecule has 4 heteroatoms. The van der Waals surface area contributed by atoms with Crippen molar-refractivity contribution < 1.29 is 0 Å². The second-order valence-electron chi connectivity index (χ2n) is 4.62. The predicted octanol–water partition coefficient (Wildman–Crippen LogP) is 1.68. The maximum atomic E-state index is 4.51. The summed E-state index contributed by atoms with van der Waals surface area (Å²) in [5, 5.41) is 6.89. The second kappa shape index (κ2) is 5.75. The maximum absolute atomic E-state index is 4.51. The molecule has 1 N–H and O–H groups in total. The summed E-state index contributed by atoms with van der Waals surface area (Å²) in [7, 11) is 0. The Morgan fingerprint density at radius 3 is 3.25 bits per heavy atom. The lowest BCUT2D eigenvalue weighted by atomic mass is 10.2. The van der Waals surface area contributed by atoms with Crippen molar-refractivity contribution in [1.29, 1.82) is 0 Å². The van der Waals surface area contributed by atoms with Gasteiger partial charge in [0, 0.05) is 30.9 Å². The van der Waals surface area contributed by atoms with Gasteiger partial charge in [0.2, 0.25) is 0 Å². The van der Waals surface area contributed by atoms with Gasteiger partial charge < -0.3 is 10.2 Å². The zero-order valence-electron chi connectivity index (χ0n) is 10.2. The highest BCUT2D eigenvalue weighted by atomic mass is 32.1. The molecule has 3 nitrogen and oxygen atoms in total. The number of nitrogens with one attached hydrogen (secondary N) is 1. The van der Waals surface area contributed by atoms with E-state index in [1.54, 1.807) is 11.3 Å². The van der Waals surface area contributed by atoms with Gasteiger partial charge in [-0.1, -0.05) is 0 Å². The molecule has 1 aliphatic heterocycles. The minimum absolute atomic E-state index is 0.625. The molecule has 1 aromatic rings. The zero-order chi connectivity index (χ0) is 11.4. The lowest BCUT2D eigenvalue weighted by molar-refractivity contribution is 0.275. The molecule has 0 radical (unpaired) electrons. The third kappa shape index (κ3) is 3.54. The van der Waals surface area contributed by atoms with E-state index in [0.29, 0.717) is 6.04 Å². The number of aromatic nitrogens is 1. The third-order valence-electron chi connectivity index (χ3n) is 3.03. The van der Waals surface area contributed by atoms with E-state index in [1.165, 1.54) is 30.2 Å². The van der Waals surface area contributed by atoms with Crippen LogP contribution in [0.1, 0.15) is 24.0 Å². The van der Waals surface area contributed by atoms with E-state index in [1.807, 2.05) is 0 Å². The molecule has 0 spiro atoms. The van der Waals surface area contributed by atoms with Crippen molar-refractivity contribution in [3.8, 4) is 0 Å². The summed E-state index contributed by atoms with van der Waals surface area (Å²) in [6.45, 7) is 9.05. The summed E-state index contributed by atoms with van der Waals surface area (Å²) in [5.74, 6) is 0. The van der Waals surface area contributed by atoms with Gasteiger partial charge in [0.05, 0.1) is 10.7 Å². The molecule has 1 unspecified atom stereocenters. The van der Waals surface area contributed by atoms with Crippen LogP contribution in [0.15, 0.2) is 5.38 Å². The summed E-state index contributed by atoms with van der Waals surface area (Å²) in [5.41, 5.74) is 1.26. The molecule has 2 rings (SSSR count). The van der Waals surface area contributed by atoms with E-state index in [-0.39, 0.29) is 0 Å². The molecule has 1 atom stereocenters. The number of thiazole rings is 1. The van der Waals surface area contributed by atoms with Gasteiger partial charge in [0.1, 0.15) is 0 Å². The van der Waals surface area contributed by atoms with E-state index in [4.69, 9.17) is 0 Å². The first kappa shape index (κ1) is 12.0. The topological polar surface area (TPSA) is 28.2 Å². The minimum Gasteiger partial charge on any atom is -0.313 e. The van der Waals surface area contributed by atoms with E-state index in [0.717, 1.165) is 19.5 Å². The van der Waals surface area contributed by atoms with Crippen molar-refractivity contribution in [1.82, 2.24) is 15.2 Å². The van der Waals surface area contributed by atoms with Crippen LogP contribution in [0.4, 0.5) is 0 Å². The fraction of sp³-hybridized carbons (Fsp3) is 0.750. The van der Waals surface area contributed by atoms with Crippen LogP contribution < -0.4 is 5.32 Å². The van der Waals surface area contributed by atoms with Crippen molar-refractivity contribution in [2.24, 2.45) is 0 Å². The van der Waals surface area contributed by atoms with Crippen LogP contribution in [0.2, 0.25) is 0 Å². The Balaban J connectivity index is 1.80. The number of hydrogen-bond donors (Lipinski definition) is 1. The summed E-state index contributed by atoms with van der Waals surface area (Å²) in [6, 6.07) is 0.625. The largest absolute Gasteiger partial charge is 0.313 e. The highest BCUT2D eigenvalue weighted by Gasteiger charge is 2.13. The van der Waals surface area contributed by atoms with Gasteiger partial charge in [-0.05, 0) is 33.4 Å². The molecule has 1 fully saturated rings. The maximum Gasteiger partial charge on any atom is 0.0897 e. The van der Waals surface area contributed by atoms with Crippen molar-refractivity contribution in [3.63, 3.8) is 0 Å². The quantitative estimate of drug-likeness (QED) is 0.870. The molecule has 0 saturated carbocycles. The Morgan fingerprint density at radius 1 is 1.62 bits per heavy atom. The van der Waals surface area contributed by atoms with Crippen LogP contribution in [0, 0.1) is 6.92 Å².